The highest BCUT2D eigenvalue weighted by Crippen LogP contribution is 2.38. The van der Waals surface area contributed by atoms with Gasteiger partial charge in [0.15, 0.2) is 6.04 Å². The molecule has 1 aliphatic heterocycles. The Hall–Kier alpha value is -2.44. The molecule has 0 radical (unpaired) electrons. The number of carboxylic acids is 1. The zero-order chi connectivity index (χ0) is 18.7. The van der Waals surface area contributed by atoms with Gasteiger partial charge >= 0.3 is 5.97 Å². The van der Waals surface area contributed by atoms with Gasteiger partial charge in [-0.15, -0.1) is 0 Å². The lowest BCUT2D eigenvalue weighted by atomic mass is 10.1. The Morgan fingerprint density at radius 1 is 1.19 bits per heavy atom. The average Bonchev–Trinajstić information content (AvgIpc) is 2.91. The molecule has 2 aromatic carbocycles. The maximum atomic E-state index is 12.8. The summed E-state index contributed by atoms with van der Waals surface area (Å²) in [4.78, 5) is 26.3. The Morgan fingerprint density at radius 3 is 2.42 bits per heavy atom. The minimum Gasteiger partial charge on any atom is -0.479 e. The van der Waals surface area contributed by atoms with Crippen molar-refractivity contribution in [3.05, 3.63) is 76.2 Å². The predicted octanol–water partition coefficient (Wildman–Crippen LogP) is 4.28. The van der Waals surface area contributed by atoms with Gasteiger partial charge in [0.05, 0.1) is 4.91 Å². The van der Waals surface area contributed by atoms with Crippen molar-refractivity contribution in [3.8, 4) is 0 Å². The van der Waals surface area contributed by atoms with E-state index in [1.165, 1.54) is 10.5 Å². The number of thiocarbonyl (C=S) groups is 1. The van der Waals surface area contributed by atoms with E-state index in [9.17, 15) is 14.7 Å². The van der Waals surface area contributed by atoms with Crippen LogP contribution < -0.4 is 0 Å². The molecule has 1 saturated heterocycles. The smallest absolute Gasteiger partial charge is 0.331 e. The van der Waals surface area contributed by atoms with Gasteiger partial charge in [0.2, 0.25) is 0 Å². The fraction of sp³-hybridized carbons (Fsp3) is 0.150. The third kappa shape index (κ3) is 3.71. The fourth-order valence-electron chi connectivity index (χ4n) is 2.74. The van der Waals surface area contributed by atoms with Crippen LogP contribution in [0.5, 0.6) is 0 Å². The summed E-state index contributed by atoms with van der Waals surface area (Å²) < 4.78 is 0.252. The third-order valence-corrected chi connectivity index (χ3v) is 5.45. The van der Waals surface area contributed by atoms with Gasteiger partial charge in [-0.25, -0.2) is 4.79 Å². The molecule has 132 valence electrons. The van der Waals surface area contributed by atoms with Gasteiger partial charge < -0.3 is 5.11 Å². The molecule has 2 aromatic rings. The maximum absolute atomic E-state index is 12.8. The molecule has 1 N–H and O–H groups in total. The van der Waals surface area contributed by atoms with E-state index in [1.54, 1.807) is 36.4 Å². The largest absolute Gasteiger partial charge is 0.479 e. The molecular formula is C20H17NO3S2. The Bertz CT molecular complexity index is 876. The van der Waals surface area contributed by atoms with Crippen molar-refractivity contribution in [1.82, 2.24) is 4.90 Å². The number of carbonyl (C=O) groups is 2. The van der Waals surface area contributed by atoms with E-state index in [0.29, 0.717) is 10.5 Å². The zero-order valence-corrected chi connectivity index (χ0v) is 15.7. The normalized spacial score (nSPS) is 17.0. The Kier molecular flexibility index (Phi) is 5.54. The lowest BCUT2D eigenvalue weighted by Crippen LogP contribution is -2.37. The van der Waals surface area contributed by atoms with Crippen molar-refractivity contribution in [2.75, 3.05) is 0 Å². The molecule has 1 fully saturated rings. The summed E-state index contributed by atoms with van der Waals surface area (Å²) in [7, 11) is 0. The van der Waals surface area contributed by atoms with E-state index in [2.05, 4.69) is 6.92 Å². The first-order chi connectivity index (χ1) is 12.5. The number of benzene rings is 2. The summed E-state index contributed by atoms with van der Waals surface area (Å²) in [6.07, 6.45) is 2.70. The summed E-state index contributed by atoms with van der Waals surface area (Å²) in [6.45, 7) is 2.08. The van der Waals surface area contributed by atoms with Crippen LogP contribution in [0, 0.1) is 0 Å². The molecule has 1 aliphatic rings. The molecule has 1 unspecified atom stereocenters. The standard InChI is InChI=1S/C20H17NO3S2/c1-2-13-8-10-14(11-9-13)12-16-18(22)21(20(25)26-16)17(19(23)24)15-6-4-3-5-7-15/h3-12,17H,2H2,1H3,(H,23,24)/b16-12-. The molecule has 0 spiro atoms. The molecule has 3 rings (SSSR count). The molecule has 26 heavy (non-hydrogen) atoms. The number of hydrogen-bond donors (Lipinski definition) is 1. The van der Waals surface area contributed by atoms with Gasteiger partial charge in [-0.1, -0.05) is 85.5 Å². The van der Waals surface area contributed by atoms with Gasteiger partial charge in [-0.3, -0.25) is 9.69 Å². The monoisotopic (exact) mass is 383 g/mol. The van der Waals surface area contributed by atoms with Crippen LogP contribution >= 0.6 is 24.0 Å². The van der Waals surface area contributed by atoms with Crippen LogP contribution in [0.25, 0.3) is 6.08 Å². The van der Waals surface area contributed by atoms with Crippen LogP contribution in [-0.4, -0.2) is 26.2 Å². The lowest BCUT2D eigenvalue weighted by Gasteiger charge is -2.23. The molecule has 1 heterocycles. The second-order valence-electron chi connectivity index (χ2n) is 5.80. The number of aryl methyl sites for hydroxylation is 1. The number of aliphatic carboxylic acids is 1. The zero-order valence-electron chi connectivity index (χ0n) is 14.1. The average molecular weight is 383 g/mol. The van der Waals surface area contributed by atoms with E-state index in [0.717, 1.165) is 23.7 Å². The summed E-state index contributed by atoms with van der Waals surface area (Å²) in [5.41, 5.74) is 2.61. The number of thioether (sulfide) groups is 1. The Morgan fingerprint density at radius 2 is 1.85 bits per heavy atom. The highest BCUT2D eigenvalue weighted by molar-refractivity contribution is 8.26. The summed E-state index contributed by atoms with van der Waals surface area (Å²) in [5, 5.41) is 9.67. The van der Waals surface area contributed by atoms with Crippen LogP contribution in [0.3, 0.4) is 0 Å². The first-order valence-electron chi connectivity index (χ1n) is 8.15. The molecule has 1 atom stereocenters. The van der Waals surface area contributed by atoms with Crippen LogP contribution in [0.2, 0.25) is 0 Å². The molecule has 0 saturated carbocycles. The molecule has 1 amide bonds. The van der Waals surface area contributed by atoms with E-state index >= 15 is 0 Å². The number of rotatable bonds is 5. The van der Waals surface area contributed by atoms with Gasteiger partial charge in [0.1, 0.15) is 4.32 Å². The quantitative estimate of drug-likeness (QED) is 0.617. The predicted molar refractivity (Wildman–Crippen MR) is 108 cm³/mol. The molecule has 6 heteroatoms. The number of hydrogen-bond acceptors (Lipinski definition) is 4. The van der Waals surface area contributed by atoms with Crippen molar-refractivity contribution in [2.45, 2.75) is 19.4 Å². The highest BCUT2D eigenvalue weighted by atomic mass is 32.2. The topological polar surface area (TPSA) is 57.6 Å². The first kappa shape index (κ1) is 18.4. The summed E-state index contributed by atoms with van der Waals surface area (Å²) in [6, 6.07) is 15.4. The minimum absolute atomic E-state index is 0.252. The Balaban J connectivity index is 1.92. The second kappa shape index (κ2) is 7.85. The van der Waals surface area contributed by atoms with E-state index in [1.807, 2.05) is 24.3 Å². The Labute approximate surface area is 161 Å². The third-order valence-electron chi connectivity index (χ3n) is 4.12. The van der Waals surface area contributed by atoms with Crippen LogP contribution in [0.15, 0.2) is 59.5 Å². The number of carbonyl (C=O) groups excluding carboxylic acids is 1. The van der Waals surface area contributed by atoms with Gasteiger partial charge in [-0.2, -0.15) is 0 Å². The van der Waals surface area contributed by atoms with E-state index in [-0.39, 0.29) is 10.2 Å². The van der Waals surface area contributed by atoms with Crippen molar-refractivity contribution in [1.29, 1.82) is 0 Å². The van der Waals surface area contributed by atoms with Crippen LogP contribution in [-0.2, 0) is 16.0 Å². The number of nitrogens with zero attached hydrogens (tertiary/aromatic N) is 1. The molecule has 4 nitrogen and oxygen atoms in total. The molecule has 0 aliphatic carbocycles. The fourth-order valence-corrected chi connectivity index (χ4v) is 4.05. The lowest BCUT2D eigenvalue weighted by molar-refractivity contribution is -0.145. The second-order valence-corrected chi connectivity index (χ2v) is 7.47. The minimum atomic E-state index is -1.13. The molecular weight excluding hydrogens is 366 g/mol. The SMILES string of the molecule is CCc1ccc(/C=C2\SC(=S)N(C(C(=O)O)c3ccccc3)C2=O)cc1. The molecule has 0 bridgehead atoms. The van der Waals surface area contributed by atoms with Crippen molar-refractivity contribution in [2.24, 2.45) is 0 Å². The van der Waals surface area contributed by atoms with Gasteiger partial charge in [0, 0.05) is 0 Å². The number of amides is 1. The summed E-state index contributed by atoms with van der Waals surface area (Å²) in [5.74, 6) is -1.49. The van der Waals surface area contributed by atoms with Crippen molar-refractivity contribution in [3.63, 3.8) is 0 Å². The van der Waals surface area contributed by atoms with Crippen molar-refractivity contribution >= 4 is 46.3 Å². The van der Waals surface area contributed by atoms with Gasteiger partial charge in [-0.05, 0) is 29.2 Å². The van der Waals surface area contributed by atoms with Gasteiger partial charge in [0.25, 0.3) is 5.91 Å². The maximum Gasteiger partial charge on any atom is 0.331 e. The van der Waals surface area contributed by atoms with E-state index < -0.39 is 12.0 Å². The summed E-state index contributed by atoms with van der Waals surface area (Å²) >= 11 is 6.44. The molecule has 0 aromatic heterocycles. The number of carboxylic acid groups (broad SMARTS) is 1. The van der Waals surface area contributed by atoms with Crippen LogP contribution in [0.1, 0.15) is 29.7 Å². The van der Waals surface area contributed by atoms with E-state index in [4.69, 9.17) is 12.2 Å². The van der Waals surface area contributed by atoms with Crippen LogP contribution in [0.4, 0.5) is 0 Å². The highest BCUT2D eigenvalue weighted by Gasteiger charge is 2.41. The first-order valence-corrected chi connectivity index (χ1v) is 9.37. The van der Waals surface area contributed by atoms with Crippen molar-refractivity contribution < 1.29 is 14.7 Å².